The van der Waals surface area contributed by atoms with Crippen LogP contribution in [0.25, 0.3) is 11.1 Å². The van der Waals surface area contributed by atoms with Gasteiger partial charge in [-0.1, -0.05) is 36.4 Å². The van der Waals surface area contributed by atoms with Crippen LogP contribution in [-0.4, -0.2) is 17.9 Å². The third kappa shape index (κ3) is 2.71. The number of hydrogen-bond donors (Lipinski definition) is 2. The Kier molecular flexibility index (Phi) is 3.88. The minimum absolute atomic E-state index is 0.184. The number of nitrogens with zero attached hydrogens (tertiary/aromatic N) is 1. The Balaban J connectivity index is 2.18. The predicted molar refractivity (Wildman–Crippen MR) is 89.6 cm³/mol. The number of nitrogens with one attached hydrogen (secondary N) is 1. The summed E-state index contributed by atoms with van der Waals surface area (Å²) in [5.74, 6) is -0.576. The molecule has 1 heterocycles. The fraction of sp³-hybridized carbons (Fsp3) is 0.222. The Bertz CT molecular complexity index is 784. The second-order valence-electron chi connectivity index (χ2n) is 5.80. The summed E-state index contributed by atoms with van der Waals surface area (Å²) in [6.07, 6.45) is 0.226. The number of nitrogens with two attached hydrogens (primary N) is 1. The lowest BCUT2D eigenvalue weighted by Crippen LogP contribution is -2.51. The van der Waals surface area contributed by atoms with Crippen LogP contribution >= 0.6 is 0 Å². The number of fused-ring (bicyclic) bond motifs is 3. The lowest BCUT2D eigenvalue weighted by atomic mass is 9.94. The lowest BCUT2D eigenvalue weighted by Gasteiger charge is -2.25. The minimum Gasteiger partial charge on any atom is -0.320 e. The Hall–Kier alpha value is -2.66. The number of anilines is 1. The van der Waals surface area contributed by atoms with Crippen LogP contribution in [0.15, 0.2) is 42.5 Å². The van der Waals surface area contributed by atoms with Crippen LogP contribution in [-0.2, 0) is 16.0 Å². The molecule has 0 radical (unpaired) electrons. The SMILES string of the molecule is Cc1cccc2c1-c1ccccc1CC(=O)N2NC(=O)[C@H](C)N. The predicted octanol–water partition coefficient (Wildman–Crippen LogP) is 1.93. The highest BCUT2D eigenvalue weighted by atomic mass is 16.2. The van der Waals surface area contributed by atoms with E-state index >= 15 is 0 Å². The smallest absolute Gasteiger partial charge is 0.255 e. The molecule has 0 saturated heterocycles. The monoisotopic (exact) mass is 309 g/mol. The van der Waals surface area contributed by atoms with Crippen LogP contribution < -0.4 is 16.2 Å². The molecule has 118 valence electrons. The molecule has 5 heteroatoms. The van der Waals surface area contributed by atoms with E-state index in [2.05, 4.69) is 5.43 Å². The van der Waals surface area contributed by atoms with Gasteiger partial charge in [0.05, 0.1) is 18.2 Å². The molecule has 0 aliphatic carbocycles. The Morgan fingerprint density at radius 2 is 1.96 bits per heavy atom. The molecule has 1 aliphatic heterocycles. The minimum atomic E-state index is -0.693. The van der Waals surface area contributed by atoms with Gasteiger partial charge in [0, 0.05) is 5.56 Å². The Labute approximate surface area is 135 Å². The highest BCUT2D eigenvalue weighted by molar-refractivity contribution is 6.05. The van der Waals surface area contributed by atoms with Crippen LogP contribution in [0.2, 0.25) is 0 Å². The maximum Gasteiger partial charge on any atom is 0.255 e. The van der Waals surface area contributed by atoms with Crippen LogP contribution in [0.1, 0.15) is 18.1 Å². The third-order valence-corrected chi connectivity index (χ3v) is 4.01. The molecule has 2 amide bonds. The molecule has 0 unspecified atom stereocenters. The molecular formula is C18H19N3O2. The molecule has 1 aliphatic rings. The van der Waals surface area contributed by atoms with Crippen molar-refractivity contribution in [2.45, 2.75) is 26.3 Å². The first-order chi connectivity index (χ1) is 11.0. The summed E-state index contributed by atoms with van der Waals surface area (Å²) < 4.78 is 0. The van der Waals surface area contributed by atoms with Crippen molar-refractivity contribution < 1.29 is 9.59 Å². The van der Waals surface area contributed by atoms with Crippen molar-refractivity contribution in [2.24, 2.45) is 5.73 Å². The van der Waals surface area contributed by atoms with E-state index in [9.17, 15) is 9.59 Å². The van der Waals surface area contributed by atoms with Crippen molar-refractivity contribution in [3.8, 4) is 11.1 Å². The van der Waals surface area contributed by atoms with Crippen molar-refractivity contribution in [2.75, 3.05) is 5.01 Å². The maximum absolute atomic E-state index is 12.7. The number of aryl methyl sites for hydroxylation is 1. The highest BCUT2D eigenvalue weighted by Gasteiger charge is 2.28. The van der Waals surface area contributed by atoms with Gasteiger partial charge in [0.15, 0.2) is 0 Å². The van der Waals surface area contributed by atoms with Crippen molar-refractivity contribution in [1.82, 2.24) is 5.43 Å². The van der Waals surface area contributed by atoms with E-state index in [-0.39, 0.29) is 12.3 Å². The van der Waals surface area contributed by atoms with Crippen LogP contribution in [0, 0.1) is 6.92 Å². The van der Waals surface area contributed by atoms with Gasteiger partial charge in [0.25, 0.3) is 5.91 Å². The van der Waals surface area contributed by atoms with E-state index in [0.29, 0.717) is 5.69 Å². The zero-order chi connectivity index (χ0) is 16.6. The highest BCUT2D eigenvalue weighted by Crippen LogP contribution is 2.38. The molecule has 3 rings (SSSR count). The largest absolute Gasteiger partial charge is 0.320 e. The second kappa shape index (κ2) is 5.85. The normalized spacial score (nSPS) is 14.6. The maximum atomic E-state index is 12.7. The number of hydrogen-bond acceptors (Lipinski definition) is 3. The molecular weight excluding hydrogens is 290 g/mol. The van der Waals surface area contributed by atoms with E-state index in [0.717, 1.165) is 22.3 Å². The summed E-state index contributed by atoms with van der Waals surface area (Å²) in [5.41, 5.74) is 12.9. The molecule has 0 fully saturated rings. The molecule has 0 aromatic heterocycles. The number of rotatable bonds is 2. The molecule has 5 nitrogen and oxygen atoms in total. The number of amides is 2. The fourth-order valence-corrected chi connectivity index (χ4v) is 2.82. The first-order valence-corrected chi connectivity index (χ1v) is 7.56. The van der Waals surface area contributed by atoms with E-state index in [1.807, 2.05) is 49.4 Å². The van der Waals surface area contributed by atoms with Crippen LogP contribution in [0.5, 0.6) is 0 Å². The molecule has 0 bridgehead atoms. The number of benzene rings is 2. The fourth-order valence-electron chi connectivity index (χ4n) is 2.82. The molecule has 23 heavy (non-hydrogen) atoms. The van der Waals surface area contributed by atoms with Gasteiger partial charge in [-0.2, -0.15) is 0 Å². The van der Waals surface area contributed by atoms with E-state index in [1.54, 1.807) is 6.92 Å². The second-order valence-corrected chi connectivity index (χ2v) is 5.80. The van der Waals surface area contributed by atoms with Gasteiger partial charge in [0.1, 0.15) is 0 Å². The van der Waals surface area contributed by atoms with E-state index < -0.39 is 11.9 Å². The van der Waals surface area contributed by atoms with E-state index in [1.165, 1.54) is 5.01 Å². The summed E-state index contributed by atoms with van der Waals surface area (Å²) in [6, 6.07) is 12.8. The number of carbonyl (C=O) groups excluding carboxylic acids is 2. The van der Waals surface area contributed by atoms with Gasteiger partial charge in [0.2, 0.25) is 5.91 Å². The van der Waals surface area contributed by atoms with Gasteiger partial charge in [-0.15, -0.1) is 0 Å². The van der Waals surface area contributed by atoms with Crippen LogP contribution in [0.4, 0.5) is 5.69 Å². The number of hydrazine groups is 1. The summed E-state index contributed by atoms with van der Waals surface area (Å²) in [7, 11) is 0. The number of carbonyl (C=O) groups is 2. The van der Waals surface area contributed by atoms with E-state index in [4.69, 9.17) is 5.73 Å². The first kappa shape index (κ1) is 15.2. The molecule has 2 aromatic carbocycles. The third-order valence-electron chi connectivity index (χ3n) is 4.01. The average Bonchev–Trinajstić information content (AvgIpc) is 2.63. The topological polar surface area (TPSA) is 75.4 Å². The Morgan fingerprint density at radius 3 is 2.70 bits per heavy atom. The van der Waals surface area contributed by atoms with Gasteiger partial charge < -0.3 is 5.73 Å². The summed E-state index contributed by atoms with van der Waals surface area (Å²) in [5, 5.41) is 1.33. The molecule has 0 spiro atoms. The quantitative estimate of drug-likeness (QED) is 0.890. The van der Waals surface area contributed by atoms with Gasteiger partial charge >= 0.3 is 0 Å². The zero-order valence-electron chi connectivity index (χ0n) is 13.2. The summed E-state index contributed by atoms with van der Waals surface area (Å²) in [6.45, 7) is 3.58. The van der Waals surface area contributed by atoms with Crippen molar-refractivity contribution >= 4 is 17.5 Å². The van der Waals surface area contributed by atoms with Crippen molar-refractivity contribution in [1.29, 1.82) is 0 Å². The summed E-state index contributed by atoms with van der Waals surface area (Å²) >= 11 is 0. The molecule has 1 atom stereocenters. The molecule has 0 saturated carbocycles. The zero-order valence-corrected chi connectivity index (χ0v) is 13.2. The Morgan fingerprint density at radius 1 is 1.22 bits per heavy atom. The lowest BCUT2D eigenvalue weighted by molar-refractivity contribution is -0.126. The summed E-state index contributed by atoms with van der Waals surface area (Å²) in [4.78, 5) is 24.7. The van der Waals surface area contributed by atoms with Crippen LogP contribution in [0.3, 0.4) is 0 Å². The first-order valence-electron chi connectivity index (χ1n) is 7.56. The van der Waals surface area contributed by atoms with Gasteiger partial charge in [-0.05, 0) is 36.6 Å². The van der Waals surface area contributed by atoms with Gasteiger partial charge in [-0.3, -0.25) is 15.0 Å². The molecule has 3 N–H and O–H groups in total. The molecule has 2 aromatic rings. The standard InChI is InChI=1S/C18H19N3O2/c1-11-6-5-9-15-17(11)14-8-4-3-7-13(14)10-16(22)21(15)20-18(23)12(2)19/h3-9,12H,10,19H2,1-2H3,(H,20,23)/t12-/m0/s1. The van der Waals surface area contributed by atoms with Crippen molar-refractivity contribution in [3.63, 3.8) is 0 Å². The van der Waals surface area contributed by atoms with Crippen molar-refractivity contribution in [3.05, 3.63) is 53.6 Å². The van der Waals surface area contributed by atoms with Gasteiger partial charge in [-0.25, -0.2) is 5.01 Å². The average molecular weight is 309 g/mol.